The van der Waals surface area contributed by atoms with Crippen LogP contribution in [0.2, 0.25) is 0 Å². The Hall–Kier alpha value is -0.700. The second-order valence-electron chi connectivity index (χ2n) is 1.94. The van der Waals surface area contributed by atoms with Gasteiger partial charge in [0, 0.05) is 18.6 Å². The second-order valence-corrected chi connectivity index (χ2v) is 2.32. The molecule has 0 aromatic rings. The first-order valence-corrected chi connectivity index (χ1v) is 4.06. The lowest BCUT2D eigenvalue weighted by Crippen LogP contribution is -2.32. The minimum absolute atomic E-state index is 0.187. The number of amides is 2. The fourth-order valence-corrected chi connectivity index (χ4v) is 0.612. The van der Waals surface area contributed by atoms with Gasteiger partial charge in [-0.2, -0.15) is 0 Å². The van der Waals surface area contributed by atoms with Crippen LogP contribution in [0.1, 0.15) is 13.3 Å². The third-order valence-electron chi connectivity index (χ3n) is 0.977. The van der Waals surface area contributed by atoms with E-state index in [4.69, 9.17) is 11.6 Å². The maximum atomic E-state index is 10.8. The smallest absolute Gasteiger partial charge is 0.318 e. The molecule has 0 rings (SSSR count). The topological polar surface area (TPSA) is 41.1 Å². The molecule has 0 heterocycles. The monoisotopic (exact) mass is 176 g/mol. The van der Waals surface area contributed by atoms with Crippen molar-refractivity contribution in [2.75, 3.05) is 12.4 Å². The molecule has 0 unspecified atom stereocenters. The lowest BCUT2D eigenvalue weighted by Gasteiger charge is -2.01. The van der Waals surface area contributed by atoms with Crippen molar-refractivity contribution in [3.8, 4) is 0 Å². The van der Waals surface area contributed by atoms with Gasteiger partial charge in [-0.3, -0.25) is 0 Å². The predicted octanol–water partition coefficient (Wildman–Crippen LogP) is 1.45. The molecular formula is C7H13ClN2O. The van der Waals surface area contributed by atoms with E-state index in [1.54, 1.807) is 12.3 Å². The van der Waals surface area contributed by atoms with Gasteiger partial charge in [0.2, 0.25) is 0 Å². The number of carbonyl (C=O) groups excluding carboxylic acids is 1. The number of hydrogen-bond donors (Lipinski definition) is 2. The van der Waals surface area contributed by atoms with Gasteiger partial charge < -0.3 is 10.6 Å². The number of allylic oxidation sites excluding steroid dienone is 1. The molecule has 3 nitrogen and oxygen atoms in total. The van der Waals surface area contributed by atoms with E-state index in [1.165, 1.54) is 0 Å². The molecule has 0 aliphatic rings. The minimum atomic E-state index is -0.187. The molecule has 0 radical (unpaired) electrons. The fraction of sp³-hybridized carbons (Fsp3) is 0.571. The van der Waals surface area contributed by atoms with Gasteiger partial charge in [0.25, 0.3) is 0 Å². The maximum Gasteiger partial charge on any atom is 0.318 e. The quantitative estimate of drug-likeness (QED) is 0.494. The number of nitrogens with one attached hydrogen (secondary N) is 2. The van der Waals surface area contributed by atoms with Crippen molar-refractivity contribution in [2.45, 2.75) is 13.3 Å². The summed E-state index contributed by atoms with van der Waals surface area (Å²) in [6.07, 6.45) is 4.13. The molecule has 0 saturated carbocycles. The van der Waals surface area contributed by atoms with E-state index in [-0.39, 0.29) is 6.03 Å². The molecule has 0 atom stereocenters. The van der Waals surface area contributed by atoms with Gasteiger partial charge >= 0.3 is 6.03 Å². The number of alkyl halides is 1. The number of rotatable bonds is 4. The SMILES string of the molecule is C/C=C/NC(=O)NCCCCl. The highest BCUT2D eigenvalue weighted by molar-refractivity contribution is 6.17. The molecule has 2 amide bonds. The highest BCUT2D eigenvalue weighted by Gasteiger charge is 1.93. The van der Waals surface area contributed by atoms with Gasteiger partial charge in [-0.25, -0.2) is 4.79 Å². The first-order valence-electron chi connectivity index (χ1n) is 3.52. The average molecular weight is 177 g/mol. The largest absolute Gasteiger partial charge is 0.338 e. The van der Waals surface area contributed by atoms with Crippen LogP contribution in [0, 0.1) is 0 Å². The zero-order valence-corrected chi connectivity index (χ0v) is 7.32. The van der Waals surface area contributed by atoms with Gasteiger partial charge in [0.05, 0.1) is 0 Å². The zero-order valence-electron chi connectivity index (χ0n) is 6.56. The van der Waals surface area contributed by atoms with E-state index in [9.17, 15) is 4.79 Å². The minimum Gasteiger partial charge on any atom is -0.338 e. The summed E-state index contributed by atoms with van der Waals surface area (Å²) in [6.45, 7) is 2.45. The van der Waals surface area contributed by atoms with Gasteiger partial charge in [-0.1, -0.05) is 6.08 Å². The molecule has 0 spiro atoms. The summed E-state index contributed by atoms with van der Waals surface area (Å²) in [4.78, 5) is 10.8. The molecule has 0 aromatic heterocycles. The summed E-state index contributed by atoms with van der Waals surface area (Å²) in [6, 6.07) is -0.187. The lowest BCUT2D eigenvalue weighted by molar-refractivity contribution is 0.244. The molecule has 64 valence electrons. The summed E-state index contributed by atoms with van der Waals surface area (Å²) in [5.74, 6) is 0.573. The van der Waals surface area contributed by atoms with Crippen LogP contribution in [0.5, 0.6) is 0 Å². The van der Waals surface area contributed by atoms with E-state index in [0.717, 1.165) is 6.42 Å². The van der Waals surface area contributed by atoms with Crippen molar-refractivity contribution in [1.29, 1.82) is 0 Å². The average Bonchev–Trinajstić information content (AvgIpc) is 2.01. The molecule has 0 saturated heterocycles. The Kier molecular flexibility index (Phi) is 6.94. The van der Waals surface area contributed by atoms with Gasteiger partial charge in [-0.15, -0.1) is 11.6 Å². The van der Waals surface area contributed by atoms with E-state index >= 15 is 0 Å². The fourth-order valence-electron chi connectivity index (χ4n) is 0.479. The van der Waals surface area contributed by atoms with Crippen LogP contribution in [0.15, 0.2) is 12.3 Å². The number of carbonyl (C=O) groups is 1. The maximum absolute atomic E-state index is 10.8. The second kappa shape index (κ2) is 7.41. The van der Waals surface area contributed by atoms with Crippen molar-refractivity contribution in [3.05, 3.63) is 12.3 Å². The van der Waals surface area contributed by atoms with E-state index in [2.05, 4.69) is 10.6 Å². The molecule has 11 heavy (non-hydrogen) atoms. The molecule has 0 aliphatic heterocycles. The number of halogens is 1. The van der Waals surface area contributed by atoms with Crippen molar-refractivity contribution in [3.63, 3.8) is 0 Å². The first kappa shape index (κ1) is 10.3. The molecule has 0 bridgehead atoms. The molecular weight excluding hydrogens is 164 g/mol. The summed E-state index contributed by atoms with van der Waals surface area (Å²) >= 11 is 5.40. The normalized spacial score (nSPS) is 10.0. The Morgan fingerprint density at radius 2 is 2.36 bits per heavy atom. The zero-order chi connectivity index (χ0) is 8.53. The number of hydrogen-bond acceptors (Lipinski definition) is 1. The van der Waals surface area contributed by atoms with Crippen LogP contribution < -0.4 is 10.6 Å². The van der Waals surface area contributed by atoms with Crippen LogP contribution in [-0.4, -0.2) is 18.5 Å². The third kappa shape index (κ3) is 7.19. The summed E-state index contributed by atoms with van der Waals surface area (Å²) in [5, 5.41) is 5.15. The predicted molar refractivity (Wildman–Crippen MR) is 46.7 cm³/mol. The Labute approximate surface area is 71.8 Å². The molecule has 2 N–H and O–H groups in total. The van der Waals surface area contributed by atoms with Crippen LogP contribution in [0.4, 0.5) is 4.79 Å². The van der Waals surface area contributed by atoms with Crippen molar-refractivity contribution < 1.29 is 4.79 Å². The van der Waals surface area contributed by atoms with Crippen LogP contribution in [-0.2, 0) is 0 Å². The van der Waals surface area contributed by atoms with Crippen molar-refractivity contribution in [1.82, 2.24) is 10.6 Å². The molecule has 0 aromatic carbocycles. The Balaban J connectivity index is 3.23. The Morgan fingerprint density at radius 1 is 1.64 bits per heavy atom. The van der Waals surface area contributed by atoms with Gasteiger partial charge in [-0.05, 0) is 13.3 Å². The molecule has 0 aliphatic carbocycles. The highest BCUT2D eigenvalue weighted by Crippen LogP contribution is 1.80. The summed E-state index contributed by atoms with van der Waals surface area (Å²) in [5.41, 5.74) is 0. The number of urea groups is 1. The molecule has 4 heteroatoms. The van der Waals surface area contributed by atoms with E-state index < -0.39 is 0 Å². The Morgan fingerprint density at radius 3 is 2.91 bits per heavy atom. The lowest BCUT2D eigenvalue weighted by atomic mass is 10.5. The van der Waals surface area contributed by atoms with Gasteiger partial charge in [0.15, 0.2) is 0 Å². The van der Waals surface area contributed by atoms with Crippen molar-refractivity contribution >= 4 is 17.6 Å². The van der Waals surface area contributed by atoms with E-state index in [1.807, 2.05) is 6.92 Å². The van der Waals surface area contributed by atoms with E-state index in [0.29, 0.717) is 12.4 Å². The first-order chi connectivity index (χ1) is 5.31. The highest BCUT2D eigenvalue weighted by atomic mass is 35.5. The Bertz CT molecular complexity index is 136. The molecule has 0 fully saturated rings. The van der Waals surface area contributed by atoms with Crippen LogP contribution in [0.3, 0.4) is 0 Å². The van der Waals surface area contributed by atoms with Gasteiger partial charge in [0.1, 0.15) is 0 Å². The van der Waals surface area contributed by atoms with Crippen molar-refractivity contribution in [2.24, 2.45) is 0 Å². The van der Waals surface area contributed by atoms with Crippen LogP contribution >= 0.6 is 11.6 Å². The third-order valence-corrected chi connectivity index (χ3v) is 1.24. The van der Waals surface area contributed by atoms with Crippen LogP contribution in [0.25, 0.3) is 0 Å². The summed E-state index contributed by atoms with van der Waals surface area (Å²) < 4.78 is 0. The standard InChI is InChI=1S/C7H13ClN2O/c1-2-5-9-7(11)10-6-3-4-8/h2,5H,3-4,6H2,1H3,(H2,9,10,11)/b5-2+. The summed E-state index contributed by atoms with van der Waals surface area (Å²) in [7, 11) is 0.